The van der Waals surface area contributed by atoms with Gasteiger partial charge in [-0.2, -0.15) is 0 Å². The highest BCUT2D eigenvalue weighted by atomic mass is 32.1. The predicted octanol–water partition coefficient (Wildman–Crippen LogP) is 1.82. The first-order valence-corrected chi connectivity index (χ1v) is 9.22. The molecule has 29 heavy (non-hydrogen) atoms. The average molecular weight is 412 g/mol. The van der Waals surface area contributed by atoms with Crippen LogP contribution in [-0.4, -0.2) is 50.3 Å². The molecule has 2 aromatic heterocycles. The molecule has 3 aromatic rings. The van der Waals surface area contributed by atoms with Gasteiger partial charge in [-0.3, -0.25) is 4.79 Å². The lowest BCUT2D eigenvalue weighted by Gasteiger charge is -2.22. The number of nitrogens with zero attached hydrogens (tertiary/aromatic N) is 5. The van der Waals surface area contributed by atoms with E-state index in [4.69, 9.17) is 17.0 Å². The van der Waals surface area contributed by atoms with Gasteiger partial charge >= 0.3 is 0 Å². The Balaban J connectivity index is 1.44. The number of carbonyl (C=O) groups is 1. The fourth-order valence-electron chi connectivity index (χ4n) is 2.95. The van der Waals surface area contributed by atoms with Gasteiger partial charge in [-0.05, 0) is 29.8 Å². The third-order valence-electron chi connectivity index (χ3n) is 4.38. The molecule has 0 fully saturated rings. The van der Waals surface area contributed by atoms with E-state index in [1.54, 1.807) is 42.4 Å². The second kappa shape index (κ2) is 7.92. The van der Waals surface area contributed by atoms with Crippen molar-refractivity contribution in [1.82, 2.24) is 25.1 Å². The van der Waals surface area contributed by atoms with Gasteiger partial charge in [0.05, 0.1) is 6.54 Å². The molecule has 1 aliphatic rings. The van der Waals surface area contributed by atoms with E-state index < -0.39 is 11.9 Å². The zero-order valence-corrected chi connectivity index (χ0v) is 16.3. The maximum atomic E-state index is 13.3. The molecule has 1 aromatic carbocycles. The molecule has 0 aliphatic carbocycles. The number of pyridine rings is 1. The lowest BCUT2D eigenvalue weighted by Crippen LogP contribution is -2.48. The Kier molecular flexibility index (Phi) is 5.17. The third kappa shape index (κ3) is 4.06. The van der Waals surface area contributed by atoms with Gasteiger partial charge in [-0.1, -0.05) is 24.4 Å². The number of aromatic nitrogens is 4. The van der Waals surface area contributed by atoms with Crippen molar-refractivity contribution >= 4 is 28.9 Å². The number of anilines is 1. The molecule has 1 unspecified atom stereocenters. The molecule has 10 heteroatoms. The van der Waals surface area contributed by atoms with Crippen LogP contribution >= 0.6 is 12.2 Å². The molecule has 0 saturated heterocycles. The number of hydrogen-bond acceptors (Lipinski definition) is 6. The number of benzene rings is 1. The molecular weight excluding hydrogens is 395 g/mol. The molecule has 1 aliphatic heterocycles. The van der Waals surface area contributed by atoms with Crippen LogP contribution in [0.2, 0.25) is 0 Å². The Bertz CT molecular complexity index is 1070. The smallest absolute Gasteiger partial charge is 0.291 e. The molecule has 8 nitrogen and oxygen atoms in total. The van der Waals surface area contributed by atoms with Gasteiger partial charge in [0.25, 0.3) is 5.91 Å². The maximum absolute atomic E-state index is 13.3. The van der Waals surface area contributed by atoms with Crippen molar-refractivity contribution in [3.8, 4) is 5.75 Å². The molecular formula is C19H17FN6O2S. The van der Waals surface area contributed by atoms with Crippen LogP contribution in [0.4, 0.5) is 10.2 Å². The minimum absolute atomic E-state index is 0.00765. The van der Waals surface area contributed by atoms with Crippen molar-refractivity contribution in [2.75, 3.05) is 18.6 Å². The molecule has 0 saturated carbocycles. The first-order valence-electron chi connectivity index (χ1n) is 8.81. The van der Waals surface area contributed by atoms with Gasteiger partial charge in [-0.25, -0.2) is 19.0 Å². The Morgan fingerprint density at radius 2 is 2.21 bits per heavy atom. The van der Waals surface area contributed by atoms with E-state index in [0.717, 1.165) is 0 Å². The SMILES string of the molecule is CN1C(=S)C(NC(=O)c2ncn(Cc3cccc(F)c3)n2)COc2cccnc21. The molecule has 4 rings (SSSR count). The van der Waals surface area contributed by atoms with Crippen LogP contribution in [0.5, 0.6) is 5.75 Å². The fourth-order valence-corrected chi connectivity index (χ4v) is 3.17. The van der Waals surface area contributed by atoms with Gasteiger partial charge in [-0.15, -0.1) is 5.10 Å². The Hall–Kier alpha value is -3.40. The first kappa shape index (κ1) is 18.9. The van der Waals surface area contributed by atoms with Crippen LogP contribution < -0.4 is 15.0 Å². The van der Waals surface area contributed by atoms with Crippen molar-refractivity contribution in [2.45, 2.75) is 12.6 Å². The lowest BCUT2D eigenvalue weighted by molar-refractivity contribution is 0.0927. The summed E-state index contributed by atoms with van der Waals surface area (Å²) in [6.45, 7) is 0.463. The van der Waals surface area contributed by atoms with Gasteiger partial charge in [0, 0.05) is 13.2 Å². The number of ether oxygens (including phenoxy) is 1. The van der Waals surface area contributed by atoms with Crippen LogP contribution in [0.1, 0.15) is 16.2 Å². The number of halogens is 1. The summed E-state index contributed by atoms with van der Waals surface area (Å²) in [6, 6.07) is 9.17. The number of likely N-dealkylation sites (N-methyl/N-ethyl adjacent to an activating group) is 1. The van der Waals surface area contributed by atoms with Crippen molar-refractivity contribution in [2.24, 2.45) is 0 Å². The number of fused-ring (bicyclic) bond motifs is 1. The van der Waals surface area contributed by atoms with Gasteiger partial charge in [0.15, 0.2) is 11.6 Å². The summed E-state index contributed by atoms with van der Waals surface area (Å²) < 4.78 is 20.5. The summed E-state index contributed by atoms with van der Waals surface area (Å²) in [7, 11) is 1.77. The van der Waals surface area contributed by atoms with Crippen LogP contribution in [0.3, 0.4) is 0 Å². The summed E-state index contributed by atoms with van der Waals surface area (Å²) >= 11 is 5.49. The summed E-state index contributed by atoms with van der Waals surface area (Å²) in [6.07, 6.45) is 3.07. The molecule has 1 atom stereocenters. The average Bonchev–Trinajstić information content (AvgIpc) is 3.14. The zero-order chi connectivity index (χ0) is 20.4. The normalized spacial score (nSPS) is 16.0. The topological polar surface area (TPSA) is 85.2 Å². The highest BCUT2D eigenvalue weighted by Crippen LogP contribution is 2.27. The minimum Gasteiger partial charge on any atom is -0.487 e. The Morgan fingerprint density at radius 3 is 3.03 bits per heavy atom. The summed E-state index contributed by atoms with van der Waals surface area (Å²) in [5, 5.41) is 6.97. The second-order valence-electron chi connectivity index (χ2n) is 6.46. The number of hydrogen-bond donors (Lipinski definition) is 1. The monoisotopic (exact) mass is 412 g/mol. The largest absolute Gasteiger partial charge is 0.487 e. The molecule has 1 N–H and O–H groups in total. The molecule has 3 heterocycles. The fraction of sp³-hybridized carbons (Fsp3) is 0.211. The van der Waals surface area contributed by atoms with Crippen molar-refractivity contribution < 1.29 is 13.9 Å². The van der Waals surface area contributed by atoms with E-state index in [-0.39, 0.29) is 18.2 Å². The second-order valence-corrected chi connectivity index (χ2v) is 6.87. The van der Waals surface area contributed by atoms with Crippen molar-refractivity contribution in [3.63, 3.8) is 0 Å². The number of thiocarbonyl (C=S) groups is 1. The van der Waals surface area contributed by atoms with E-state index in [2.05, 4.69) is 20.4 Å². The maximum Gasteiger partial charge on any atom is 0.291 e. The summed E-state index contributed by atoms with van der Waals surface area (Å²) in [5.74, 6) is 0.360. The summed E-state index contributed by atoms with van der Waals surface area (Å²) in [5.41, 5.74) is 0.715. The molecule has 148 valence electrons. The number of amides is 1. The van der Waals surface area contributed by atoms with Crippen LogP contribution in [0, 0.1) is 5.82 Å². The molecule has 0 radical (unpaired) electrons. The lowest BCUT2D eigenvalue weighted by atomic mass is 10.2. The molecule has 0 spiro atoms. The van der Waals surface area contributed by atoms with Crippen LogP contribution in [0.15, 0.2) is 48.9 Å². The zero-order valence-electron chi connectivity index (χ0n) is 15.4. The van der Waals surface area contributed by atoms with E-state index >= 15 is 0 Å². The van der Waals surface area contributed by atoms with E-state index in [1.165, 1.54) is 23.1 Å². The van der Waals surface area contributed by atoms with Gasteiger partial charge in [0.2, 0.25) is 5.82 Å². The van der Waals surface area contributed by atoms with Crippen LogP contribution in [0.25, 0.3) is 0 Å². The van der Waals surface area contributed by atoms with E-state index in [9.17, 15) is 9.18 Å². The van der Waals surface area contributed by atoms with Crippen LogP contribution in [-0.2, 0) is 6.54 Å². The van der Waals surface area contributed by atoms with E-state index in [1.807, 2.05) is 0 Å². The first-order chi connectivity index (χ1) is 14.0. The predicted molar refractivity (Wildman–Crippen MR) is 108 cm³/mol. The highest BCUT2D eigenvalue weighted by molar-refractivity contribution is 7.80. The Labute approximate surface area is 171 Å². The van der Waals surface area contributed by atoms with Gasteiger partial charge in [0.1, 0.15) is 29.8 Å². The molecule has 0 bridgehead atoms. The number of rotatable bonds is 4. The minimum atomic E-state index is -0.549. The Morgan fingerprint density at radius 1 is 1.34 bits per heavy atom. The number of carbonyl (C=O) groups excluding carboxylic acids is 1. The van der Waals surface area contributed by atoms with Gasteiger partial charge < -0.3 is 15.0 Å². The van der Waals surface area contributed by atoms with Crippen molar-refractivity contribution in [1.29, 1.82) is 0 Å². The highest BCUT2D eigenvalue weighted by Gasteiger charge is 2.29. The number of nitrogens with one attached hydrogen (secondary N) is 1. The molecule has 1 amide bonds. The third-order valence-corrected chi connectivity index (χ3v) is 4.94. The van der Waals surface area contributed by atoms with Crippen molar-refractivity contribution in [3.05, 3.63) is 66.1 Å². The van der Waals surface area contributed by atoms with E-state index in [0.29, 0.717) is 28.7 Å². The standard InChI is InChI=1S/C19H17FN6O2S/c1-25-17-15(6-3-7-21-17)28-10-14(19(25)29)23-18(27)16-22-11-26(24-16)9-12-4-2-5-13(20)8-12/h2-8,11,14H,9-10H2,1H3,(H,23,27). The quantitative estimate of drug-likeness (QED) is 0.654. The summed E-state index contributed by atoms with van der Waals surface area (Å²) in [4.78, 5) is 23.1.